The van der Waals surface area contributed by atoms with E-state index in [-0.39, 0.29) is 0 Å². The molecule has 0 spiro atoms. The molecular formula is C17H27ClN2O2. The third kappa shape index (κ3) is 4.77. The Morgan fingerprint density at radius 3 is 2.82 bits per heavy atom. The van der Waals surface area contributed by atoms with Crippen LogP contribution in [0.15, 0.2) is 12.1 Å². The summed E-state index contributed by atoms with van der Waals surface area (Å²) in [5.41, 5.74) is 7.12. The quantitative estimate of drug-likeness (QED) is 0.869. The highest BCUT2D eigenvalue weighted by Crippen LogP contribution is 2.34. The number of halogens is 1. The minimum absolute atomic E-state index is 0.333. The number of rotatable bonds is 6. The molecule has 0 radical (unpaired) electrons. The molecule has 1 aliphatic rings. The van der Waals surface area contributed by atoms with Gasteiger partial charge in [-0.1, -0.05) is 18.5 Å². The Hall–Kier alpha value is -0.970. The molecule has 0 unspecified atom stereocenters. The second-order valence-electron chi connectivity index (χ2n) is 5.91. The normalized spacial score (nSPS) is 19.7. The smallest absolute Gasteiger partial charge is 0.162 e. The van der Waals surface area contributed by atoms with E-state index in [2.05, 4.69) is 11.8 Å². The molecule has 2 N–H and O–H groups in total. The standard InChI is InChI=1S/C17H27ClN2O2/c1-3-9-22-17-11-15(18)13(10-16(17)21-2)12-20-7-4-5-14(19)6-8-20/h10-11,14H,3-9,12,19H2,1-2H3/t14-/m1/s1. The Morgan fingerprint density at radius 1 is 1.27 bits per heavy atom. The number of hydrogen-bond acceptors (Lipinski definition) is 4. The number of benzene rings is 1. The van der Waals surface area contributed by atoms with Crippen molar-refractivity contribution in [2.75, 3.05) is 26.8 Å². The molecule has 2 rings (SSSR count). The molecule has 0 bridgehead atoms. The van der Waals surface area contributed by atoms with Crippen molar-refractivity contribution < 1.29 is 9.47 Å². The van der Waals surface area contributed by atoms with E-state index in [1.54, 1.807) is 7.11 Å². The maximum absolute atomic E-state index is 6.44. The van der Waals surface area contributed by atoms with Gasteiger partial charge in [0, 0.05) is 23.7 Å². The number of nitrogens with zero attached hydrogens (tertiary/aromatic N) is 1. The molecule has 5 heteroatoms. The van der Waals surface area contributed by atoms with Gasteiger partial charge in [-0.15, -0.1) is 0 Å². The van der Waals surface area contributed by atoms with Crippen molar-refractivity contribution in [1.82, 2.24) is 4.90 Å². The van der Waals surface area contributed by atoms with Crippen LogP contribution in [0.1, 0.15) is 38.2 Å². The van der Waals surface area contributed by atoms with Gasteiger partial charge < -0.3 is 15.2 Å². The summed E-state index contributed by atoms with van der Waals surface area (Å²) < 4.78 is 11.1. The zero-order chi connectivity index (χ0) is 15.9. The van der Waals surface area contributed by atoms with Crippen molar-refractivity contribution in [1.29, 1.82) is 0 Å². The second-order valence-corrected chi connectivity index (χ2v) is 6.32. The molecular weight excluding hydrogens is 300 g/mol. The zero-order valence-electron chi connectivity index (χ0n) is 13.6. The monoisotopic (exact) mass is 326 g/mol. The van der Waals surface area contributed by atoms with Crippen LogP contribution in [0.4, 0.5) is 0 Å². The van der Waals surface area contributed by atoms with Gasteiger partial charge in [0.2, 0.25) is 0 Å². The van der Waals surface area contributed by atoms with Gasteiger partial charge in [-0.05, 0) is 50.4 Å². The van der Waals surface area contributed by atoms with E-state index in [0.717, 1.165) is 67.4 Å². The van der Waals surface area contributed by atoms with Gasteiger partial charge in [-0.3, -0.25) is 4.90 Å². The molecule has 1 atom stereocenters. The first-order valence-corrected chi connectivity index (χ1v) is 8.49. The summed E-state index contributed by atoms with van der Waals surface area (Å²) in [7, 11) is 1.66. The summed E-state index contributed by atoms with van der Waals surface area (Å²) in [6.45, 7) is 5.66. The highest BCUT2D eigenvalue weighted by molar-refractivity contribution is 6.31. The molecule has 0 aliphatic carbocycles. The largest absolute Gasteiger partial charge is 0.493 e. The van der Waals surface area contributed by atoms with Crippen LogP contribution in [0, 0.1) is 0 Å². The summed E-state index contributed by atoms with van der Waals surface area (Å²) in [6, 6.07) is 4.20. The number of likely N-dealkylation sites (tertiary alicyclic amines) is 1. The Morgan fingerprint density at radius 2 is 2.09 bits per heavy atom. The molecule has 0 aromatic heterocycles. The predicted molar refractivity (Wildman–Crippen MR) is 90.9 cm³/mol. The lowest BCUT2D eigenvalue weighted by atomic mass is 10.1. The van der Waals surface area contributed by atoms with Gasteiger partial charge in [0.15, 0.2) is 11.5 Å². The molecule has 22 heavy (non-hydrogen) atoms. The molecule has 124 valence electrons. The van der Waals surface area contributed by atoms with Gasteiger partial charge in [-0.2, -0.15) is 0 Å². The Kier molecular flexibility index (Phi) is 6.80. The number of hydrogen-bond donors (Lipinski definition) is 1. The van der Waals surface area contributed by atoms with E-state index in [1.165, 1.54) is 0 Å². The van der Waals surface area contributed by atoms with Gasteiger partial charge >= 0.3 is 0 Å². The Balaban J connectivity index is 2.09. The van der Waals surface area contributed by atoms with E-state index >= 15 is 0 Å². The SMILES string of the molecule is CCCOc1cc(Cl)c(CN2CCC[C@@H](N)CC2)cc1OC. The van der Waals surface area contributed by atoms with E-state index < -0.39 is 0 Å². The molecule has 1 heterocycles. The van der Waals surface area contributed by atoms with Crippen LogP contribution in [-0.2, 0) is 6.54 Å². The lowest BCUT2D eigenvalue weighted by Gasteiger charge is -2.21. The van der Waals surface area contributed by atoms with Crippen molar-refractivity contribution in [3.05, 3.63) is 22.7 Å². The van der Waals surface area contributed by atoms with Crippen molar-refractivity contribution in [2.24, 2.45) is 5.73 Å². The molecule has 4 nitrogen and oxygen atoms in total. The van der Waals surface area contributed by atoms with E-state index in [9.17, 15) is 0 Å². The van der Waals surface area contributed by atoms with Crippen molar-refractivity contribution >= 4 is 11.6 Å². The maximum atomic E-state index is 6.44. The van der Waals surface area contributed by atoms with E-state index in [1.807, 2.05) is 12.1 Å². The molecule has 1 aromatic rings. The van der Waals surface area contributed by atoms with Crippen LogP contribution < -0.4 is 15.2 Å². The minimum atomic E-state index is 0.333. The zero-order valence-corrected chi connectivity index (χ0v) is 14.4. The first-order valence-electron chi connectivity index (χ1n) is 8.11. The summed E-state index contributed by atoms with van der Waals surface area (Å²) in [6.07, 6.45) is 4.26. The number of nitrogens with two attached hydrogens (primary N) is 1. The molecule has 1 saturated heterocycles. The van der Waals surface area contributed by atoms with Crippen LogP contribution >= 0.6 is 11.6 Å². The van der Waals surface area contributed by atoms with Gasteiger partial charge in [0.25, 0.3) is 0 Å². The van der Waals surface area contributed by atoms with Gasteiger partial charge in [0.1, 0.15) is 0 Å². The van der Waals surface area contributed by atoms with Crippen LogP contribution in [0.5, 0.6) is 11.5 Å². The number of ether oxygens (including phenoxy) is 2. The summed E-state index contributed by atoms with van der Waals surface area (Å²) >= 11 is 6.44. The molecule has 1 aliphatic heterocycles. The first-order chi connectivity index (χ1) is 10.6. The molecule has 0 saturated carbocycles. The molecule has 0 amide bonds. The van der Waals surface area contributed by atoms with Crippen molar-refractivity contribution in [2.45, 2.75) is 45.2 Å². The van der Waals surface area contributed by atoms with Crippen LogP contribution in [0.2, 0.25) is 5.02 Å². The van der Waals surface area contributed by atoms with Crippen molar-refractivity contribution in [3.8, 4) is 11.5 Å². The van der Waals surface area contributed by atoms with Gasteiger partial charge in [-0.25, -0.2) is 0 Å². The summed E-state index contributed by atoms with van der Waals surface area (Å²) in [5.74, 6) is 1.47. The fraction of sp³-hybridized carbons (Fsp3) is 0.647. The predicted octanol–water partition coefficient (Wildman–Crippen LogP) is 3.45. The van der Waals surface area contributed by atoms with Crippen molar-refractivity contribution in [3.63, 3.8) is 0 Å². The lowest BCUT2D eigenvalue weighted by molar-refractivity contribution is 0.273. The lowest BCUT2D eigenvalue weighted by Crippen LogP contribution is -2.26. The topological polar surface area (TPSA) is 47.7 Å². The fourth-order valence-electron chi connectivity index (χ4n) is 2.76. The van der Waals surface area contributed by atoms with Gasteiger partial charge in [0.05, 0.1) is 13.7 Å². The average Bonchev–Trinajstić information content (AvgIpc) is 2.72. The van der Waals surface area contributed by atoms with Crippen LogP contribution in [0.25, 0.3) is 0 Å². The highest BCUT2D eigenvalue weighted by atomic mass is 35.5. The third-order valence-corrected chi connectivity index (χ3v) is 4.41. The van der Waals surface area contributed by atoms with E-state index in [0.29, 0.717) is 12.6 Å². The fourth-order valence-corrected chi connectivity index (χ4v) is 2.98. The average molecular weight is 327 g/mol. The minimum Gasteiger partial charge on any atom is -0.493 e. The second kappa shape index (κ2) is 8.61. The third-order valence-electron chi connectivity index (χ3n) is 4.05. The van der Waals surface area contributed by atoms with Crippen LogP contribution in [0.3, 0.4) is 0 Å². The Bertz CT molecular complexity index is 482. The molecule has 1 aromatic carbocycles. The first kappa shape index (κ1) is 17.4. The highest BCUT2D eigenvalue weighted by Gasteiger charge is 2.17. The maximum Gasteiger partial charge on any atom is 0.162 e. The summed E-state index contributed by atoms with van der Waals surface area (Å²) in [5, 5.41) is 0.737. The number of methoxy groups -OCH3 is 1. The Labute approximate surface area is 138 Å². The van der Waals surface area contributed by atoms with E-state index in [4.69, 9.17) is 26.8 Å². The van der Waals surface area contributed by atoms with Crippen LogP contribution in [-0.4, -0.2) is 37.7 Å². The molecule has 1 fully saturated rings. The summed E-state index contributed by atoms with van der Waals surface area (Å²) in [4.78, 5) is 2.42.